The molecule has 15 heavy (non-hydrogen) atoms. The molecule has 0 aliphatic carbocycles. The first kappa shape index (κ1) is 10.5. The lowest BCUT2D eigenvalue weighted by Gasteiger charge is -2.00. The zero-order valence-electron chi connectivity index (χ0n) is 8.71. The second kappa shape index (κ2) is 3.85. The van der Waals surface area contributed by atoms with E-state index >= 15 is 0 Å². The van der Waals surface area contributed by atoms with Crippen molar-refractivity contribution in [3.63, 3.8) is 0 Å². The van der Waals surface area contributed by atoms with E-state index in [4.69, 9.17) is 4.42 Å². The molecular formula is C11H12BrNO2. The van der Waals surface area contributed by atoms with Crippen LogP contribution in [0.25, 0.3) is 11.1 Å². The molecule has 0 bridgehead atoms. The van der Waals surface area contributed by atoms with Crippen LogP contribution in [-0.4, -0.2) is 4.57 Å². The highest BCUT2D eigenvalue weighted by atomic mass is 79.9. The summed E-state index contributed by atoms with van der Waals surface area (Å²) < 4.78 is 7.84. The minimum atomic E-state index is -0.274. The Kier molecular flexibility index (Phi) is 2.69. The van der Waals surface area contributed by atoms with Crippen LogP contribution in [0.5, 0.6) is 0 Å². The van der Waals surface area contributed by atoms with E-state index < -0.39 is 0 Å². The van der Waals surface area contributed by atoms with Crippen LogP contribution in [0, 0.1) is 6.92 Å². The van der Waals surface area contributed by atoms with Gasteiger partial charge in [-0.15, -0.1) is 0 Å². The van der Waals surface area contributed by atoms with Crippen LogP contribution < -0.4 is 5.76 Å². The van der Waals surface area contributed by atoms with Crippen molar-refractivity contribution in [1.82, 2.24) is 4.57 Å². The van der Waals surface area contributed by atoms with Gasteiger partial charge in [0.25, 0.3) is 0 Å². The molecule has 2 aromatic rings. The van der Waals surface area contributed by atoms with Crippen molar-refractivity contribution in [2.75, 3.05) is 0 Å². The van der Waals surface area contributed by atoms with Gasteiger partial charge in [0.1, 0.15) is 0 Å². The first-order chi connectivity index (χ1) is 7.13. The molecule has 1 aromatic heterocycles. The van der Waals surface area contributed by atoms with Crippen LogP contribution in [0.2, 0.25) is 0 Å². The predicted molar refractivity (Wildman–Crippen MR) is 63.2 cm³/mol. The lowest BCUT2D eigenvalue weighted by molar-refractivity contribution is 0.502. The average molecular weight is 270 g/mol. The Bertz CT molecular complexity index is 553. The fourth-order valence-corrected chi connectivity index (χ4v) is 1.95. The Morgan fingerprint density at radius 3 is 2.87 bits per heavy atom. The number of oxazole rings is 1. The number of nitrogens with zero attached hydrogens (tertiary/aromatic N) is 1. The summed E-state index contributed by atoms with van der Waals surface area (Å²) in [6.45, 7) is 4.70. The highest BCUT2D eigenvalue weighted by Crippen LogP contribution is 2.23. The van der Waals surface area contributed by atoms with Crippen LogP contribution in [0.15, 0.2) is 25.8 Å². The van der Waals surface area contributed by atoms with Crippen molar-refractivity contribution in [3.05, 3.63) is 32.7 Å². The molecule has 0 aliphatic rings. The van der Waals surface area contributed by atoms with Crippen LogP contribution in [0.1, 0.15) is 18.9 Å². The van der Waals surface area contributed by atoms with Gasteiger partial charge in [-0.3, -0.25) is 4.57 Å². The second-order valence-corrected chi connectivity index (χ2v) is 4.44. The molecule has 0 saturated carbocycles. The molecule has 4 heteroatoms. The van der Waals surface area contributed by atoms with Gasteiger partial charge >= 0.3 is 5.76 Å². The Morgan fingerprint density at radius 2 is 2.20 bits per heavy atom. The molecule has 0 saturated heterocycles. The van der Waals surface area contributed by atoms with E-state index in [2.05, 4.69) is 15.9 Å². The van der Waals surface area contributed by atoms with Crippen molar-refractivity contribution >= 4 is 27.0 Å². The summed E-state index contributed by atoms with van der Waals surface area (Å²) >= 11 is 3.45. The van der Waals surface area contributed by atoms with Crippen molar-refractivity contribution in [2.24, 2.45) is 0 Å². The maximum Gasteiger partial charge on any atom is 0.419 e. The molecule has 0 N–H and O–H groups in total. The van der Waals surface area contributed by atoms with Gasteiger partial charge in [0.2, 0.25) is 0 Å². The molecule has 0 unspecified atom stereocenters. The predicted octanol–water partition coefficient (Wildman–Crippen LogP) is 3.08. The maximum absolute atomic E-state index is 11.5. The number of halogens is 1. The summed E-state index contributed by atoms with van der Waals surface area (Å²) in [7, 11) is 0. The molecular weight excluding hydrogens is 258 g/mol. The summed E-state index contributed by atoms with van der Waals surface area (Å²) in [5, 5.41) is 0. The van der Waals surface area contributed by atoms with Gasteiger partial charge in [-0.1, -0.05) is 22.9 Å². The maximum atomic E-state index is 11.5. The minimum absolute atomic E-state index is 0.274. The summed E-state index contributed by atoms with van der Waals surface area (Å²) in [4.78, 5) is 11.5. The largest absolute Gasteiger partial charge is 0.419 e. The molecule has 0 spiro atoms. The lowest BCUT2D eigenvalue weighted by Crippen LogP contribution is -2.13. The summed E-state index contributed by atoms with van der Waals surface area (Å²) in [5.74, 6) is -0.274. The van der Waals surface area contributed by atoms with E-state index in [1.807, 2.05) is 26.0 Å². The van der Waals surface area contributed by atoms with Gasteiger partial charge < -0.3 is 4.42 Å². The standard InChI is InChI=1S/C11H12BrNO2/c1-3-4-13-9-6-8(12)7(2)5-10(9)15-11(13)14/h5-6H,3-4H2,1-2H3. The highest BCUT2D eigenvalue weighted by molar-refractivity contribution is 9.10. The lowest BCUT2D eigenvalue weighted by atomic mass is 10.2. The van der Waals surface area contributed by atoms with Gasteiger partial charge in [0, 0.05) is 11.0 Å². The van der Waals surface area contributed by atoms with Crippen molar-refractivity contribution in [2.45, 2.75) is 26.8 Å². The molecule has 1 aromatic carbocycles. The van der Waals surface area contributed by atoms with E-state index in [1.54, 1.807) is 4.57 Å². The molecule has 2 rings (SSSR count). The van der Waals surface area contributed by atoms with E-state index in [1.165, 1.54) is 0 Å². The van der Waals surface area contributed by atoms with Crippen molar-refractivity contribution in [3.8, 4) is 0 Å². The minimum Gasteiger partial charge on any atom is -0.408 e. The Balaban J connectivity index is 2.76. The summed E-state index contributed by atoms with van der Waals surface area (Å²) in [6.07, 6.45) is 0.917. The number of benzene rings is 1. The van der Waals surface area contributed by atoms with E-state index in [0.717, 1.165) is 22.0 Å². The molecule has 0 aliphatic heterocycles. The smallest absolute Gasteiger partial charge is 0.408 e. The Morgan fingerprint density at radius 1 is 1.47 bits per heavy atom. The number of fused-ring (bicyclic) bond motifs is 1. The van der Waals surface area contributed by atoms with Crippen molar-refractivity contribution < 1.29 is 4.42 Å². The van der Waals surface area contributed by atoms with Gasteiger partial charge in [0.15, 0.2) is 5.58 Å². The Labute approximate surface area is 95.8 Å². The molecule has 0 fully saturated rings. The summed E-state index contributed by atoms with van der Waals surface area (Å²) in [5.41, 5.74) is 2.59. The van der Waals surface area contributed by atoms with Gasteiger partial charge in [-0.2, -0.15) is 0 Å². The zero-order valence-corrected chi connectivity index (χ0v) is 10.3. The quantitative estimate of drug-likeness (QED) is 0.840. The van der Waals surface area contributed by atoms with E-state index in [0.29, 0.717) is 12.1 Å². The third kappa shape index (κ3) is 1.74. The topological polar surface area (TPSA) is 35.1 Å². The SMILES string of the molecule is CCCn1c(=O)oc2cc(C)c(Br)cc21. The fraction of sp³-hybridized carbons (Fsp3) is 0.364. The molecule has 80 valence electrons. The molecule has 1 heterocycles. The van der Waals surface area contributed by atoms with Crippen LogP contribution in [0.3, 0.4) is 0 Å². The molecule has 3 nitrogen and oxygen atoms in total. The monoisotopic (exact) mass is 269 g/mol. The fourth-order valence-electron chi connectivity index (χ4n) is 1.62. The average Bonchev–Trinajstić information content (AvgIpc) is 2.46. The van der Waals surface area contributed by atoms with Gasteiger partial charge in [0.05, 0.1) is 5.52 Å². The van der Waals surface area contributed by atoms with Gasteiger partial charge in [-0.25, -0.2) is 4.79 Å². The first-order valence-corrected chi connectivity index (χ1v) is 5.72. The highest BCUT2D eigenvalue weighted by Gasteiger charge is 2.09. The van der Waals surface area contributed by atoms with Crippen molar-refractivity contribution in [1.29, 1.82) is 0 Å². The number of aryl methyl sites for hydroxylation is 2. The molecule has 0 radical (unpaired) electrons. The van der Waals surface area contributed by atoms with E-state index in [-0.39, 0.29) is 5.76 Å². The van der Waals surface area contributed by atoms with E-state index in [9.17, 15) is 4.79 Å². The number of hydrogen-bond donors (Lipinski definition) is 0. The van der Waals surface area contributed by atoms with Crippen LogP contribution in [0.4, 0.5) is 0 Å². The number of hydrogen-bond acceptors (Lipinski definition) is 2. The second-order valence-electron chi connectivity index (χ2n) is 3.59. The Hall–Kier alpha value is -1.03. The normalized spacial score (nSPS) is 11.1. The number of aromatic nitrogens is 1. The van der Waals surface area contributed by atoms with Crippen LogP contribution in [-0.2, 0) is 6.54 Å². The third-order valence-corrected chi connectivity index (χ3v) is 3.25. The third-order valence-electron chi connectivity index (χ3n) is 2.40. The van der Waals surface area contributed by atoms with Crippen LogP contribution >= 0.6 is 15.9 Å². The molecule has 0 amide bonds. The molecule has 0 atom stereocenters. The van der Waals surface area contributed by atoms with Gasteiger partial charge in [-0.05, 0) is 31.0 Å². The summed E-state index contributed by atoms with van der Waals surface area (Å²) in [6, 6.07) is 3.82. The first-order valence-electron chi connectivity index (χ1n) is 4.93. The number of rotatable bonds is 2. The zero-order chi connectivity index (χ0) is 11.0.